The molecule has 0 amide bonds. The van der Waals surface area contributed by atoms with Crippen molar-refractivity contribution in [2.75, 3.05) is 5.75 Å². The number of rotatable bonds is 7. The summed E-state index contributed by atoms with van der Waals surface area (Å²) in [6.45, 7) is 6.44. The lowest BCUT2D eigenvalue weighted by molar-refractivity contribution is 0.102. The van der Waals surface area contributed by atoms with E-state index in [1.54, 1.807) is 4.57 Å². The Kier molecular flexibility index (Phi) is 6.58. The van der Waals surface area contributed by atoms with E-state index in [2.05, 4.69) is 6.92 Å². The third kappa shape index (κ3) is 4.54. The van der Waals surface area contributed by atoms with Crippen molar-refractivity contribution in [3.05, 3.63) is 91.8 Å². The van der Waals surface area contributed by atoms with E-state index in [4.69, 9.17) is 4.98 Å². The molecule has 4 aromatic rings. The van der Waals surface area contributed by atoms with Gasteiger partial charge in [-0.2, -0.15) is 0 Å². The van der Waals surface area contributed by atoms with Crippen molar-refractivity contribution >= 4 is 39.1 Å². The Morgan fingerprint density at radius 3 is 2.44 bits per heavy atom. The summed E-state index contributed by atoms with van der Waals surface area (Å²) < 4.78 is 14.8. The average molecular weight is 467 g/mol. The van der Waals surface area contributed by atoms with Crippen LogP contribution >= 0.6 is 23.1 Å². The molecule has 4 rings (SSSR count). The smallest absolute Gasteiger partial charge is 0.263 e. The molecule has 32 heavy (non-hydrogen) atoms. The number of ketones is 1. The second kappa shape index (κ2) is 9.38. The van der Waals surface area contributed by atoms with Gasteiger partial charge in [0.25, 0.3) is 5.56 Å². The second-order valence-corrected chi connectivity index (χ2v) is 9.70. The molecule has 0 aliphatic rings. The van der Waals surface area contributed by atoms with Crippen LogP contribution in [0.15, 0.2) is 58.5 Å². The normalized spacial score (nSPS) is 11.2. The van der Waals surface area contributed by atoms with Gasteiger partial charge in [-0.1, -0.05) is 48.5 Å². The summed E-state index contributed by atoms with van der Waals surface area (Å²) in [4.78, 5) is 32.8. The van der Waals surface area contributed by atoms with Gasteiger partial charge in [-0.3, -0.25) is 14.2 Å². The third-order valence-corrected chi connectivity index (χ3v) is 7.70. The fourth-order valence-corrected chi connectivity index (χ4v) is 5.61. The number of carbonyl (C=O) groups excluding carboxylic acids is 1. The number of hydrogen-bond donors (Lipinski definition) is 0. The highest BCUT2D eigenvalue weighted by Gasteiger charge is 2.19. The van der Waals surface area contributed by atoms with Crippen LogP contribution in [0.5, 0.6) is 0 Å². The van der Waals surface area contributed by atoms with Gasteiger partial charge >= 0.3 is 0 Å². The number of thiophene rings is 1. The van der Waals surface area contributed by atoms with E-state index < -0.39 is 0 Å². The summed E-state index contributed by atoms with van der Waals surface area (Å²) in [6.07, 6.45) is 0.843. The molecule has 0 fully saturated rings. The van der Waals surface area contributed by atoms with Crippen LogP contribution in [0.1, 0.15) is 38.8 Å². The number of carbonyl (C=O) groups is 1. The van der Waals surface area contributed by atoms with Crippen LogP contribution in [0.4, 0.5) is 4.39 Å². The molecular weight excluding hydrogens is 443 g/mol. The van der Waals surface area contributed by atoms with Crippen LogP contribution < -0.4 is 5.56 Å². The summed E-state index contributed by atoms with van der Waals surface area (Å²) in [6, 6.07) is 13.5. The topological polar surface area (TPSA) is 52.0 Å². The van der Waals surface area contributed by atoms with Crippen molar-refractivity contribution in [2.24, 2.45) is 0 Å². The van der Waals surface area contributed by atoms with Crippen molar-refractivity contribution in [3.63, 3.8) is 0 Å². The Morgan fingerprint density at radius 1 is 1.09 bits per heavy atom. The molecule has 0 unspecified atom stereocenters. The van der Waals surface area contributed by atoms with Crippen molar-refractivity contribution in [3.8, 4) is 0 Å². The molecule has 7 heteroatoms. The highest BCUT2D eigenvalue weighted by molar-refractivity contribution is 7.99. The first kappa shape index (κ1) is 22.4. The minimum Gasteiger partial charge on any atom is -0.293 e. The van der Waals surface area contributed by atoms with Gasteiger partial charge in [-0.25, -0.2) is 9.37 Å². The van der Waals surface area contributed by atoms with E-state index in [0.717, 1.165) is 28.0 Å². The van der Waals surface area contributed by atoms with Crippen LogP contribution in [-0.2, 0) is 13.0 Å². The number of thioether (sulfide) groups is 1. The Labute approximate surface area is 194 Å². The Morgan fingerprint density at radius 2 is 1.78 bits per heavy atom. The summed E-state index contributed by atoms with van der Waals surface area (Å²) >= 11 is 2.78. The molecule has 2 heterocycles. The quantitative estimate of drug-likeness (QED) is 0.196. The molecule has 0 saturated heterocycles. The lowest BCUT2D eigenvalue weighted by Crippen LogP contribution is -2.24. The number of fused-ring (bicyclic) bond motifs is 1. The minimum absolute atomic E-state index is 0.0826. The molecule has 2 aromatic carbocycles. The van der Waals surface area contributed by atoms with Crippen LogP contribution in [0.25, 0.3) is 10.2 Å². The van der Waals surface area contributed by atoms with E-state index in [0.29, 0.717) is 27.5 Å². The van der Waals surface area contributed by atoms with Gasteiger partial charge in [0.1, 0.15) is 10.6 Å². The molecule has 0 N–H and O–H groups in total. The first-order valence-electron chi connectivity index (χ1n) is 10.4. The third-order valence-electron chi connectivity index (χ3n) is 5.40. The maximum Gasteiger partial charge on any atom is 0.263 e. The van der Waals surface area contributed by atoms with Crippen LogP contribution in [0, 0.1) is 19.7 Å². The SMILES string of the molecule is CCc1sc2nc(SCC(=O)c3ccc(F)cc3)n(Cc3ccc(C)cc3)c(=O)c2c1C. The number of hydrogen-bond acceptors (Lipinski definition) is 5. The van der Waals surface area contributed by atoms with Crippen molar-refractivity contribution < 1.29 is 9.18 Å². The van der Waals surface area contributed by atoms with Gasteiger partial charge in [0.15, 0.2) is 10.9 Å². The molecular formula is C25H23FN2O2S2. The van der Waals surface area contributed by atoms with E-state index in [-0.39, 0.29) is 22.9 Å². The fraction of sp³-hybridized carbons (Fsp3) is 0.240. The number of halogens is 1. The summed E-state index contributed by atoms with van der Waals surface area (Å²) in [7, 11) is 0. The van der Waals surface area contributed by atoms with Gasteiger partial charge in [-0.15, -0.1) is 11.3 Å². The molecule has 4 nitrogen and oxygen atoms in total. The van der Waals surface area contributed by atoms with Crippen molar-refractivity contribution in [1.29, 1.82) is 0 Å². The zero-order valence-electron chi connectivity index (χ0n) is 18.1. The Bertz CT molecular complexity index is 1340. The molecule has 164 valence electrons. The molecule has 0 aliphatic heterocycles. The largest absolute Gasteiger partial charge is 0.293 e. The molecule has 0 spiro atoms. The standard InChI is InChI=1S/C25H23FN2O2S2/c1-4-21-16(3)22-23(32-21)27-25(31-14-20(29)18-9-11-19(26)12-10-18)28(24(22)30)13-17-7-5-15(2)6-8-17/h5-12H,4,13-14H2,1-3H3. The van der Waals surface area contributed by atoms with E-state index in [1.807, 2.05) is 38.1 Å². The zero-order chi connectivity index (χ0) is 22.8. The first-order valence-corrected chi connectivity index (χ1v) is 12.2. The van der Waals surface area contributed by atoms with E-state index in [1.165, 1.54) is 47.4 Å². The van der Waals surface area contributed by atoms with Gasteiger partial charge in [-0.05, 0) is 55.7 Å². The van der Waals surface area contributed by atoms with E-state index in [9.17, 15) is 14.0 Å². The van der Waals surface area contributed by atoms with Crippen LogP contribution in [0.2, 0.25) is 0 Å². The van der Waals surface area contributed by atoms with Gasteiger partial charge < -0.3 is 0 Å². The Hall–Kier alpha value is -2.77. The van der Waals surface area contributed by atoms with Crippen molar-refractivity contribution in [1.82, 2.24) is 9.55 Å². The predicted molar refractivity (Wildman–Crippen MR) is 130 cm³/mol. The summed E-state index contributed by atoms with van der Waals surface area (Å²) in [5, 5.41) is 1.18. The van der Waals surface area contributed by atoms with Crippen LogP contribution in [0.3, 0.4) is 0 Å². The molecule has 2 aromatic heterocycles. The monoisotopic (exact) mass is 466 g/mol. The molecule has 0 bridgehead atoms. The maximum atomic E-state index is 13.5. The zero-order valence-corrected chi connectivity index (χ0v) is 19.8. The Balaban J connectivity index is 1.73. The van der Waals surface area contributed by atoms with Gasteiger partial charge in [0.05, 0.1) is 17.7 Å². The average Bonchev–Trinajstić information content (AvgIpc) is 3.11. The van der Waals surface area contributed by atoms with Gasteiger partial charge in [0.2, 0.25) is 0 Å². The summed E-state index contributed by atoms with van der Waals surface area (Å²) in [5.41, 5.74) is 3.49. The predicted octanol–water partition coefficient (Wildman–Crippen LogP) is 5.80. The van der Waals surface area contributed by atoms with Crippen LogP contribution in [-0.4, -0.2) is 21.1 Å². The first-order chi connectivity index (χ1) is 15.4. The van der Waals surface area contributed by atoms with Gasteiger partial charge in [0, 0.05) is 10.4 Å². The lowest BCUT2D eigenvalue weighted by Gasteiger charge is -2.12. The highest BCUT2D eigenvalue weighted by atomic mass is 32.2. The fourth-order valence-electron chi connectivity index (χ4n) is 3.56. The molecule has 0 saturated carbocycles. The number of benzene rings is 2. The number of aromatic nitrogens is 2. The summed E-state index contributed by atoms with van der Waals surface area (Å²) in [5.74, 6) is -0.404. The highest BCUT2D eigenvalue weighted by Crippen LogP contribution is 2.30. The number of Topliss-reactive ketones (excluding diaryl/α,β-unsaturated/α-hetero) is 1. The number of nitrogens with zero attached hydrogens (tertiary/aromatic N) is 2. The lowest BCUT2D eigenvalue weighted by atomic mass is 10.1. The maximum absolute atomic E-state index is 13.5. The second-order valence-electron chi connectivity index (χ2n) is 7.67. The molecule has 0 radical (unpaired) electrons. The van der Waals surface area contributed by atoms with E-state index >= 15 is 0 Å². The molecule has 0 aliphatic carbocycles. The molecule has 0 atom stereocenters. The minimum atomic E-state index is -0.381. The number of aryl methyl sites for hydroxylation is 3. The van der Waals surface area contributed by atoms with Crippen molar-refractivity contribution in [2.45, 2.75) is 38.9 Å².